The van der Waals surface area contributed by atoms with Gasteiger partial charge in [0.2, 0.25) is 0 Å². The molecular weight excluding hydrogens is 364 g/mol. The number of nitrogens with one attached hydrogen (secondary N) is 3. The van der Waals surface area contributed by atoms with E-state index in [1.54, 1.807) is 24.7 Å². The Bertz CT molecular complexity index is 878. The number of guanidine groups is 1. The molecule has 7 heteroatoms. The molecule has 1 aromatic carbocycles. The highest BCUT2D eigenvalue weighted by Gasteiger charge is 2.08. The summed E-state index contributed by atoms with van der Waals surface area (Å²) < 4.78 is 0. The second kappa shape index (κ2) is 11.4. The summed E-state index contributed by atoms with van der Waals surface area (Å²) in [5.41, 5.74) is 2.88. The molecule has 0 atom stereocenters. The molecule has 2 heterocycles. The largest absolute Gasteiger partial charge is 0.356 e. The molecule has 0 bridgehead atoms. The SMILES string of the molecule is O=C(NC(=NCCCc1cccnc1)NCCCc1cnc[nH]1)c1ccccc1. The van der Waals surface area contributed by atoms with Crippen molar-refractivity contribution in [1.29, 1.82) is 0 Å². The standard InChI is InChI=1S/C22H26N6O/c29-21(19-9-2-1-3-10-19)28-22(26-14-6-11-20-16-24-17-27-20)25-13-5-8-18-7-4-12-23-15-18/h1-4,7,9-10,12,15-17H,5-6,8,11,13-14H2,(H,24,27)(H2,25,26,28,29). The summed E-state index contributed by atoms with van der Waals surface area (Å²) in [6.07, 6.45) is 10.7. The molecule has 2 aromatic heterocycles. The Hall–Kier alpha value is -3.48. The minimum absolute atomic E-state index is 0.169. The quantitative estimate of drug-likeness (QED) is 0.297. The molecule has 0 aliphatic rings. The zero-order valence-electron chi connectivity index (χ0n) is 16.3. The Morgan fingerprint density at radius 2 is 1.90 bits per heavy atom. The number of amides is 1. The van der Waals surface area contributed by atoms with Crippen molar-refractivity contribution < 1.29 is 4.79 Å². The first kappa shape index (κ1) is 20.3. The highest BCUT2D eigenvalue weighted by atomic mass is 16.1. The van der Waals surface area contributed by atoms with Crippen LogP contribution in [0.3, 0.4) is 0 Å². The third kappa shape index (κ3) is 7.21. The van der Waals surface area contributed by atoms with Gasteiger partial charge in [-0.25, -0.2) is 4.98 Å². The van der Waals surface area contributed by atoms with Gasteiger partial charge >= 0.3 is 0 Å². The van der Waals surface area contributed by atoms with Crippen molar-refractivity contribution in [2.24, 2.45) is 4.99 Å². The molecule has 0 radical (unpaired) electrons. The van der Waals surface area contributed by atoms with Gasteiger partial charge in [0, 0.05) is 42.9 Å². The molecule has 0 aliphatic heterocycles. The predicted molar refractivity (Wildman–Crippen MR) is 114 cm³/mol. The first-order valence-corrected chi connectivity index (χ1v) is 9.82. The number of H-pyrrole nitrogens is 1. The average Bonchev–Trinajstić information content (AvgIpc) is 3.29. The van der Waals surface area contributed by atoms with E-state index in [1.165, 1.54) is 5.56 Å². The normalized spacial score (nSPS) is 11.2. The molecule has 3 N–H and O–H groups in total. The summed E-state index contributed by atoms with van der Waals surface area (Å²) in [6, 6.07) is 13.1. The number of aliphatic imine (C=N–C) groups is 1. The van der Waals surface area contributed by atoms with E-state index < -0.39 is 0 Å². The molecule has 7 nitrogen and oxygen atoms in total. The van der Waals surface area contributed by atoms with Gasteiger partial charge in [0.1, 0.15) is 0 Å². The molecule has 3 rings (SSSR count). The van der Waals surface area contributed by atoms with Crippen LogP contribution in [0.1, 0.15) is 34.5 Å². The van der Waals surface area contributed by atoms with Gasteiger partial charge < -0.3 is 10.3 Å². The highest BCUT2D eigenvalue weighted by molar-refractivity contribution is 6.05. The zero-order valence-corrected chi connectivity index (χ0v) is 16.3. The smallest absolute Gasteiger partial charge is 0.257 e. The van der Waals surface area contributed by atoms with Gasteiger partial charge in [0.05, 0.1) is 6.33 Å². The van der Waals surface area contributed by atoms with E-state index in [2.05, 4.69) is 36.6 Å². The molecule has 0 saturated carbocycles. The van der Waals surface area contributed by atoms with Gasteiger partial charge in [-0.1, -0.05) is 24.3 Å². The summed E-state index contributed by atoms with van der Waals surface area (Å²) in [7, 11) is 0. The first-order chi connectivity index (χ1) is 14.3. The first-order valence-electron chi connectivity index (χ1n) is 9.82. The molecule has 1 amide bonds. The number of carbonyl (C=O) groups is 1. The maximum atomic E-state index is 12.5. The highest BCUT2D eigenvalue weighted by Crippen LogP contribution is 2.01. The van der Waals surface area contributed by atoms with Gasteiger partial charge in [-0.15, -0.1) is 0 Å². The summed E-state index contributed by atoms with van der Waals surface area (Å²) in [5.74, 6) is 0.340. The maximum Gasteiger partial charge on any atom is 0.257 e. The van der Waals surface area contributed by atoms with Crippen LogP contribution in [0.15, 0.2) is 72.4 Å². The molecule has 29 heavy (non-hydrogen) atoms. The molecule has 0 spiro atoms. The van der Waals surface area contributed by atoms with Crippen LogP contribution in [0.2, 0.25) is 0 Å². The number of benzene rings is 1. The van der Waals surface area contributed by atoms with E-state index in [1.807, 2.05) is 36.7 Å². The summed E-state index contributed by atoms with van der Waals surface area (Å²) in [4.78, 5) is 28.3. The second-order valence-corrected chi connectivity index (χ2v) is 6.62. The second-order valence-electron chi connectivity index (χ2n) is 6.62. The predicted octanol–water partition coefficient (Wildman–Crippen LogP) is 2.75. The van der Waals surface area contributed by atoms with Gasteiger partial charge in [0.25, 0.3) is 5.91 Å². The van der Waals surface area contributed by atoms with Crippen LogP contribution in [0.5, 0.6) is 0 Å². The number of rotatable bonds is 9. The fourth-order valence-electron chi connectivity index (χ4n) is 2.84. The number of carbonyl (C=O) groups excluding carboxylic acids is 1. The number of aryl methyl sites for hydroxylation is 2. The number of aromatic amines is 1. The van der Waals surface area contributed by atoms with Crippen LogP contribution in [0, 0.1) is 0 Å². The van der Waals surface area contributed by atoms with E-state index in [0.717, 1.165) is 31.4 Å². The molecule has 0 saturated heterocycles. The fourth-order valence-corrected chi connectivity index (χ4v) is 2.84. The van der Waals surface area contributed by atoms with Crippen LogP contribution >= 0.6 is 0 Å². The van der Waals surface area contributed by atoms with Gasteiger partial charge in [-0.3, -0.25) is 20.1 Å². The zero-order chi connectivity index (χ0) is 20.2. The molecule has 0 aliphatic carbocycles. The Kier molecular flexibility index (Phi) is 7.95. The van der Waals surface area contributed by atoms with Gasteiger partial charge in [-0.05, 0) is 49.4 Å². The summed E-state index contributed by atoms with van der Waals surface area (Å²) in [5, 5.41) is 6.15. The Morgan fingerprint density at radius 1 is 1.00 bits per heavy atom. The van der Waals surface area contributed by atoms with Crippen molar-refractivity contribution in [3.8, 4) is 0 Å². The monoisotopic (exact) mass is 390 g/mol. The average molecular weight is 390 g/mol. The van der Waals surface area contributed by atoms with E-state index in [0.29, 0.717) is 24.6 Å². The van der Waals surface area contributed by atoms with Crippen LogP contribution < -0.4 is 10.6 Å². The van der Waals surface area contributed by atoms with Crippen molar-refractivity contribution in [2.45, 2.75) is 25.7 Å². The Labute approximate surface area is 170 Å². The molecule has 0 fully saturated rings. The van der Waals surface area contributed by atoms with Crippen LogP contribution in [-0.2, 0) is 12.8 Å². The minimum atomic E-state index is -0.169. The summed E-state index contributed by atoms with van der Waals surface area (Å²) >= 11 is 0. The van der Waals surface area contributed by atoms with E-state index >= 15 is 0 Å². The number of pyridine rings is 1. The summed E-state index contributed by atoms with van der Waals surface area (Å²) in [6.45, 7) is 1.32. The number of aromatic nitrogens is 3. The lowest BCUT2D eigenvalue weighted by atomic mass is 10.2. The number of hydrogen-bond acceptors (Lipinski definition) is 4. The van der Waals surface area contributed by atoms with Crippen molar-refractivity contribution in [1.82, 2.24) is 25.6 Å². The lowest BCUT2D eigenvalue weighted by Crippen LogP contribution is -2.41. The maximum absolute atomic E-state index is 12.5. The van der Waals surface area contributed by atoms with E-state index in [9.17, 15) is 4.79 Å². The molecule has 150 valence electrons. The van der Waals surface area contributed by atoms with E-state index in [4.69, 9.17) is 0 Å². The fraction of sp³-hybridized carbons (Fsp3) is 0.273. The third-order valence-corrected chi connectivity index (χ3v) is 4.35. The van der Waals surface area contributed by atoms with Gasteiger partial charge in [0.15, 0.2) is 5.96 Å². The molecule has 3 aromatic rings. The Balaban J connectivity index is 1.51. The van der Waals surface area contributed by atoms with Crippen LogP contribution in [-0.4, -0.2) is 39.9 Å². The van der Waals surface area contributed by atoms with Crippen molar-refractivity contribution >= 4 is 11.9 Å². The lowest BCUT2D eigenvalue weighted by molar-refractivity contribution is 0.0975. The number of imidazole rings is 1. The molecule has 0 unspecified atom stereocenters. The number of hydrogen-bond donors (Lipinski definition) is 3. The van der Waals surface area contributed by atoms with Crippen molar-refractivity contribution in [3.05, 3.63) is 84.2 Å². The van der Waals surface area contributed by atoms with Crippen LogP contribution in [0.4, 0.5) is 0 Å². The van der Waals surface area contributed by atoms with Crippen molar-refractivity contribution in [2.75, 3.05) is 13.1 Å². The Morgan fingerprint density at radius 3 is 2.66 bits per heavy atom. The van der Waals surface area contributed by atoms with Crippen LogP contribution in [0.25, 0.3) is 0 Å². The molecular formula is C22H26N6O. The number of nitrogens with zero attached hydrogens (tertiary/aromatic N) is 3. The van der Waals surface area contributed by atoms with Crippen molar-refractivity contribution in [3.63, 3.8) is 0 Å². The topological polar surface area (TPSA) is 95.1 Å². The lowest BCUT2D eigenvalue weighted by Gasteiger charge is -2.12. The van der Waals surface area contributed by atoms with E-state index in [-0.39, 0.29) is 5.91 Å². The minimum Gasteiger partial charge on any atom is -0.356 e. The third-order valence-electron chi connectivity index (χ3n) is 4.35. The van der Waals surface area contributed by atoms with Gasteiger partial charge in [-0.2, -0.15) is 0 Å².